The Balaban J connectivity index is 2.29. The Labute approximate surface area is 48.6 Å². The normalized spacial score (nSPS) is 46.8. The number of fused-ring (bicyclic) bond motifs is 1. The largest absolute Gasteiger partial charge is 0.361 e. The zero-order valence-electron chi connectivity index (χ0n) is 5.09. The zero-order chi connectivity index (χ0) is 5.78. The summed E-state index contributed by atoms with van der Waals surface area (Å²) < 4.78 is 5.22. The van der Waals surface area contributed by atoms with Crippen LogP contribution in [0.1, 0.15) is 13.8 Å². The van der Waals surface area contributed by atoms with Gasteiger partial charge in [0.05, 0.1) is 5.54 Å². The van der Waals surface area contributed by atoms with Gasteiger partial charge >= 0.3 is 0 Å². The van der Waals surface area contributed by atoms with Crippen molar-refractivity contribution in [2.75, 3.05) is 0 Å². The second-order valence-electron chi connectivity index (χ2n) is 2.95. The smallest absolute Gasteiger partial charge is 0.121 e. The minimum atomic E-state index is 0.0741. The van der Waals surface area contributed by atoms with Gasteiger partial charge in [-0.1, -0.05) is 0 Å². The fourth-order valence-electron chi connectivity index (χ4n) is 1.14. The SMILES string of the molecule is CC1(C)N=CC2OC21. The Morgan fingerprint density at radius 3 is 2.50 bits per heavy atom. The summed E-state index contributed by atoms with van der Waals surface area (Å²) in [6, 6.07) is 0. The van der Waals surface area contributed by atoms with Gasteiger partial charge in [0.1, 0.15) is 12.2 Å². The number of ether oxygens (including phenoxy) is 1. The van der Waals surface area contributed by atoms with Gasteiger partial charge in [-0.15, -0.1) is 0 Å². The molecule has 2 atom stereocenters. The molecule has 8 heavy (non-hydrogen) atoms. The number of hydrogen-bond acceptors (Lipinski definition) is 2. The van der Waals surface area contributed by atoms with Crippen molar-refractivity contribution < 1.29 is 4.74 Å². The number of hydrogen-bond donors (Lipinski definition) is 0. The van der Waals surface area contributed by atoms with Crippen LogP contribution in [-0.2, 0) is 4.74 Å². The van der Waals surface area contributed by atoms with Gasteiger partial charge in [0.15, 0.2) is 0 Å². The van der Waals surface area contributed by atoms with Crippen molar-refractivity contribution in [3.63, 3.8) is 0 Å². The molecule has 1 saturated heterocycles. The molecule has 2 rings (SSSR count). The lowest BCUT2D eigenvalue weighted by molar-refractivity contribution is 0.310. The van der Waals surface area contributed by atoms with Gasteiger partial charge in [0.25, 0.3) is 0 Å². The van der Waals surface area contributed by atoms with E-state index in [0.717, 1.165) is 0 Å². The summed E-state index contributed by atoms with van der Waals surface area (Å²) in [5.74, 6) is 0. The van der Waals surface area contributed by atoms with Crippen LogP contribution in [0, 0.1) is 0 Å². The van der Waals surface area contributed by atoms with Crippen molar-refractivity contribution in [1.82, 2.24) is 0 Å². The van der Waals surface area contributed by atoms with Crippen LogP contribution in [0.25, 0.3) is 0 Å². The van der Waals surface area contributed by atoms with Crippen LogP contribution in [0.4, 0.5) is 0 Å². The summed E-state index contributed by atoms with van der Waals surface area (Å²) in [5.41, 5.74) is 0.0741. The van der Waals surface area contributed by atoms with E-state index in [1.807, 2.05) is 6.21 Å². The molecular formula is C6H9NO. The molecule has 0 saturated carbocycles. The topological polar surface area (TPSA) is 24.9 Å². The molecule has 0 aliphatic carbocycles. The number of aliphatic imine (C=N–C) groups is 1. The highest BCUT2D eigenvalue weighted by molar-refractivity contribution is 5.72. The fourth-order valence-corrected chi connectivity index (χ4v) is 1.14. The Hall–Kier alpha value is -0.370. The third-order valence-electron chi connectivity index (χ3n) is 1.78. The van der Waals surface area contributed by atoms with Crippen molar-refractivity contribution >= 4 is 6.21 Å². The highest BCUT2D eigenvalue weighted by atomic mass is 16.6. The minimum absolute atomic E-state index is 0.0741. The van der Waals surface area contributed by atoms with Crippen molar-refractivity contribution in [3.05, 3.63) is 0 Å². The second-order valence-corrected chi connectivity index (χ2v) is 2.95. The van der Waals surface area contributed by atoms with E-state index in [9.17, 15) is 0 Å². The second kappa shape index (κ2) is 0.982. The lowest BCUT2D eigenvalue weighted by Gasteiger charge is -2.11. The van der Waals surface area contributed by atoms with Gasteiger partial charge in [-0.25, -0.2) is 0 Å². The van der Waals surface area contributed by atoms with E-state index in [2.05, 4.69) is 18.8 Å². The monoisotopic (exact) mass is 111 g/mol. The van der Waals surface area contributed by atoms with E-state index in [4.69, 9.17) is 4.74 Å². The fraction of sp³-hybridized carbons (Fsp3) is 0.833. The van der Waals surface area contributed by atoms with E-state index in [0.29, 0.717) is 12.2 Å². The van der Waals surface area contributed by atoms with Gasteiger partial charge in [-0.3, -0.25) is 4.99 Å². The minimum Gasteiger partial charge on any atom is -0.361 e. The molecule has 2 heteroatoms. The zero-order valence-corrected chi connectivity index (χ0v) is 5.09. The van der Waals surface area contributed by atoms with E-state index in [-0.39, 0.29) is 5.54 Å². The Bertz CT molecular complexity index is 151. The standard InChI is InChI=1S/C6H9NO/c1-6(2)5-4(8-5)3-7-6/h3-5H,1-2H3. The molecule has 44 valence electrons. The predicted molar refractivity (Wildman–Crippen MR) is 31.2 cm³/mol. The summed E-state index contributed by atoms with van der Waals surface area (Å²) in [7, 11) is 0. The molecule has 0 aromatic rings. The molecule has 2 heterocycles. The molecular weight excluding hydrogens is 102 g/mol. The molecule has 0 spiro atoms. The summed E-state index contributed by atoms with van der Waals surface area (Å²) in [6.07, 6.45) is 2.68. The lowest BCUT2D eigenvalue weighted by Crippen LogP contribution is -2.21. The molecule has 0 N–H and O–H groups in total. The van der Waals surface area contributed by atoms with E-state index in [1.54, 1.807) is 0 Å². The number of epoxide rings is 1. The van der Waals surface area contributed by atoms with Crippen LogP contribution in [0.5, 0.6) is 0 Å². The van der Waals surface area contributed by atoms with Crippen LogP contribution >= 0.6 is 0 Å². The summed E-state index contributed by atoms with van der Waals surface area (Å²) in [4.78, 5) is 4.25. The third-order valence-corrected chi connectivity index (χ3v) is 1.78. The van der Waals surface area contributed by atoms with Crippen LogP contribution in [-0.4, -0.2) is 24.0 Å². The van der Waals surface area contributed by atoms with E-state index >= 15 is 0 Å². The molecule has 0 bridgehead atoms. The summed E-state index contributed by atoms with van der Waals surface area (Å²) in [5, 5.41) is 0. The van der Waals surface area contributed by atoms with Gasteiger partial charge in [-0.05, 0) is 13.8 Å². The first-order valence-corrected chi connectivity index (χ1v) is 2.91. The Morgan fingerprint density at radius 2 is 2.38 bits per heavy atom. The molecule has 2 aliphatic rings. The molecule has 1 fully saturated rings. The first kappa shape index (κ1) is 4.50. The van der Waals surface area contributed by atoms with Crippen LogP contribution in [0.3, 0.4) is 0 Å². The van der Waals surface area contributed by atoms with Gasteiger partial charge < -0.3 is 4.74 Å². The number of nitrogens with zero attached hydrogens (tertiary/aromatic N) is 1. The molecule has 0 amide bonds. The predicted octanol–water partition coefficient (Wildman–Crippen LogP) is 0.617. The van der Waals surface area contributed by atoms with Crippen molar-refractivity contribution in [1.29, 1.82) is 0 Å². The molecule has 2 aliphatic heterocycles. The van der Waals surface area contributed by atoms with Crippen LogP contribution in [0.15, 0.2) is 4.99 Å². The first-order valence-electron chi connectivity index (χ1n) is 2.91. The maximum atomic E-state index is 5.22. The molecule has 0 radical (unpaired) electrons. The maximum absolute atomic E-state index is 5.22. The van der Waals surface area contributed by atoms with Crippen molar-refractivity contribution in [2.24, 2.45) is 4.99 Å². The van der Waals surface area contributed by atoms with E-state index in [1.165, 1.54) is 0 Å². The maximum Gasteiger partial charge on any atom is 0.121 e. The average molecular weight is 111 g/mol. The van der Waals surface area contributed by atoms with Crippen molar-refractivity contribution in [2.45, 2.75) is 31.6 Å². The van der Waals surface area contributed by atoms with Gasteiger partial charge in [-0.2, -0.15) is 0 Å². The van der Waals surface area contributed by atoms with Gasteiger partial charge in [0.2, 0.25) is 0 Å². The Kier molecular flexibility index (Phi) is 0.553. The first-order chi connectivity index (χ1) is 3.70. The highest BCUT2D eigenvalue weighted by Crippen LogP contribution is 2.38. The summed E-state index contributed by atoms with van der Waals surface area (Å²) >= 11 is 0. The average Bonchev–Trinajstić information content (AvgIpc) is 2.34. The quantitative estimate of drug-likeness (QED) is 0.420. The number of rotatable bonds is 0. The summed E-state index contributed by atoms with van der Waals surface area (Å²) in [6.45, 7) is 4.20. The molecule has 0 aromatic heterocycles. The van der Waals surface area contributed by atoms with Crippen molar-refractivity contribution in [3.8, 4) is 0 Å². The third kappa shape index (κ3) is 0.388. The van der Waals surface area contributed by atoms with Crippen LogP contribution in [0.2, 0.25) is 0 Å². The van der Waals surface area contributed by atoms with Crippen LogP contribution < -0.4 is 0 Å². The Morgan fingerprint density at radius 1 is 1.62 bits per heavy atom. The lowest BCUT2D eigenvalue weighted by atomic mass is 10.0. The highest BCUT2D eigenvalue weighted by Gasteiger charge is 2.52. The molecule has 0 aromatic carbocycles. The van der Waals surface area contributed by atoms with E-state index < -0.39 is 0 Å². The van der Waals surface area contributed by atoms with Gasteiger partial charge in [0, 0.05) is 6.21 Å². The molecule has 2 nitrogen and oxygen atoms in total. The molecule has 2 unspecified atom stereocenters.